The first-order chi connectivity index (χ1) is 13.2. The number of rotatable bonds is 6. The standard InChI is InChI=1S/C22H28N4O.HI/c1-3-16-9-5-6-10-17(16)14-24-22(23-4-2)25-15-18-13-21(27)26-20-12-8-7-11-19(18)20;/h5-12,18H,3-4,13-15H2,1-2H3,(H,26,27)(H2,23,24,25);1H. The molecule has 0 bridgehead atoms. The van der Waals surface area contributed by atoms with Crippen LogP contribution in [0.3, 0.4) is 0 Å². The lowest BCUT2D eigenvalue weighted by Crippen LogP contribution is -2.40. The number of aryl methyl sites for hydroxylation is 1. The Kier molecular flexibility index (Phi) is 8.76. The molecule has 1 amide bonds. The van der Waals surface area contributed by atoms with Gasteiger partial charge >= 0.3 is 0 Å². The normalized spacial score (nSPS) is 15.9. The summed E-state index contributed by atoms with van der Waals surface area (Å²) in [7, 11) is 0. The number of anilines is 1. The minimum absolute atomic E-state index is 0. The summed E-state index contributed by atoms with van der Waals surface area (Å²) < 4.78 is 0. The van der Waals surface area contributed by atoms with Crippen molar-refractivity contribution < 1.29 is 4.79 Å². The molecule has 3 N–H and O–H groups in total. The molecule has 1 aliphatic heterocycles. The van der Waals surface area contributed by atoms with Crippen LogP contribution in [0, 0.1) is 0 Å². The first kappa shape index (κ1) is 22.2. The molecular formula is C22H29IN4O. The van der Waals surface area contributed by atoms with Crippen LogP contribution in [0.25, 0.3) is 0 Å². The molecule has 5 nitrogen and oxygen atoms in total. The quantitative estimate of drug-likeness (QED) is 0.324. The monoisotopic (exact) mass is 492 g/mol. The van der Waals surface area contributed by atoms with Gasteiger partial charge in [-0.25, -0.2) is 4.99 Å². The van der Waals surface area contributed by atoms with Gasteiger partial charge in [-0.05, 0) is 36.1 Å². The second-order valence-electron chi connectivity index (χ2n) is 6.73. The van der Waals surface area contributed by atoms with Crippen molar-refractivity contribution in [3.8, 4) is 0 Å². The minimum Gasteiger partial charge on any atom is -0.357 e. The molecule has 0 aliphatic carbocycles. The molecule has 1 unspecified atom stereocenters. The van der Waals surface area contributed by atoms with Crippen molar-refractivity contribution in [2.75, 3.05) is 18.4 Å². The number of para-hydroxylation sites is 1. The van der Waals surface area contributed by atoms with Crippen LogP contribution in [0.5, 0.6) is 0 Å². The highest BCUT2D eigenvalue weighted by Crippen LogP contribution is 2.31. The van der Waals surface area contributed by atoms with Crippen LogP contribution in [-0.2, 0) is 17.8 Å². The number of aliphatic imine (C=N–C) groups is 1. The Balaban J connectivity index is 0.00000280. The maximum Gasteiger partial charge on any atom is 0.225 e. The summed E-state index contributed by atoms with van der Waals surface area (Å²) in [6.45, 7) is 6.33. The molecule has 0 fully saturated rings. The number of carbonyl (C=O) groups excluding carboxylic acids is 1. The number of amides is 1. The Morgan fingerprint density at radius 1 is 1.07 bits per heavy atom. The lowest BCUT2D eigenvalue weighted by molar-refractivity contribution is -0.116. The average Bonchev–Trinajstić information content (AvgIpc) is 2.70. The van der Waals surface area contributed by atoms with E-state index in [1.165, 1.54) is 16.7 Å². The largest absolute Gasteiger partial charge is 0.357 e. The molecule has 0 aromatic heterocycles. The molecule has 3 rings (SSSR count). The second-order valence-corrected chi connectivity index (χ2v) is 6.73. The first-order valence-electron chi connectivity index (χ1n) is 9.69. The Bertz CT molecular complexity index is 822. The number of guanidine groups is 1. The van der Waals surface area contributed by atoms with Crippen LogP contribution in [0.4, 0.5) is 5.69 Å². The van der Waals surface area contributed by atoms with Crippen molar-refractivity contribution in [1.82, 2.24) is 10.6 Å². The van der Waals surface area contributed by atoms with Gasteiger partial charge in [-0.3, -0.25) is 4.79 Å². The molecule has 0 spiro atoms. The number of fused-ring (bicyclic) bond motifs is 1. The van der Waals surface area contributed by atoms with Crippen molar-refractivity contribution in [2.45, 2.75) is 39.2 Å². The zero-order valence-electron chi connectivity index (χ0n) is 16.5. The molecule has 6 heteroatoms. The van der Waals surface area contributed by atoms with E-state index < -0.39 is 0 Å². The van der Waals surface area contributed by atoms with Crippen LogP contribution in [0.1, 0.15) is 42.9 Å². The molecule has 0 radical (unpaired) electrons. The molecule has 1 heterocycles. The van der Waals surface area contributed by atoms with Crippen LogP contribution < -0.4 is 16.0 Å². The van der Waals surface area contributed by atoms with Crippen molar-refractivity contribution in [2.24, 2.45) is 4.99 Å². The predicted octanol–water partition coefficient (Wildman–Crippen LogP) is 4.05. The third-order valence-corrected chi connectivity index (χ3v) is 4.87. The van der Waals surface area contributed by atoms with Gasteiger partial charge in [0, 0.05) is 31.1 Å². The van der Waals surface area contributed by atoms with E-state index in [1.54, 1.807) is 0 Å². The van der Waals surface area contributed by atoms with Crippen molar-refractivity contribution >= 4 is 41.5 Å². The molecule has 0 saturated heterocycles. The van der Waals surface area contributed by atoms with Gasteiger partial charge in [0.25, 0.3) is 0 Å². The zero-order valence-corrected chi connectivity index (χ0v) is 18.8. The Morgan fingerprint density at radius 3 is 2.54 bits per heavy atom. The number of benzene rings is 2. The van der Waals surface area contributed by atoms with Crippen LogP contribution in [-0.4, -0.2) is 25.0 Å². The SMILES string of the molecule is CCNC(=NCc1ccccc1CC)NCC1CC(=O)Nc2ccccc21.I. The fraction of sp³-hybridized carbons (Fsp3) is 0.364. The fourth-order valence-electron chi connectivity index (χ4n) is 3.47. The second kappa shape index (κ2) is 11.0. The third-order valence-electron chi connectivity index (χ3n) is 4.87. The molecular weight excluding hydrogens is 463 g/mol. The minimum atomic E-state index is 0. The van der Waals surface area contributed by atoms with Gasteiger partial charge in [0.15, 0.2) is 5.96 Å². The van der Waals surface area contributed by atoms with E-state index in [1.807, 2.05) is 18.2 Å². The molecule has 28 heavy (non-hydrogen) atoms. The first-order valence-corrected chi connectivity index (χ1v) is 9.69. The van der Waals surface area contributed by atoms with Gasteiger partial charge in [-0.1, -0.05) is 49.4 Å². The summed E-state index contributed by atoms with van der Waals surface area (Å²) in [4.78, 5) is 16.7. The number of carbonyl (C=O) groups is 1. The maximum atomic E-state index is 12.0. The van der Waals surface area contributed by atoms with Crippen molar-refractivity contribution in [3.05, 3.63) is 65.2 Å². The van der Waals surface area contributed by atoms with E-state index in [9.17, 15) is 4.79 Å². The maximum absolute atomic E-state index is 12.0. The Hall–Kier alpha value is -2.09. The molecule has 150 valence electrons. The summed E-state index contributed by atoms with van der Waals surface area (Å²) in [6, 6.07) is 16.4. The van der Waals surface area contributed by atoms with E-state index in [0.29, 0.717) is 19.5 Å². The van der Waals surface area contributed by atoms with Gasteiger partial charge in [-0.2, -0.15) is 0 Å². The predicted molar refractivity (Wildman–Crippen MR) is 126 cm³/mol. The highest BCUT2D eigenvalue weighted by Gasteiger charge is 2.24. The highest BCUT2D eigenvalue weighted by molar-refractivity contribution is 14.0. The van der Waals surface area contributed by atoms with E-state index in [-0.39, 0.29) is 35.8 Å². The average molecular weight is 492 g/mol. The number of nitrogens with zero attached hydrogens (tertiary/aromatic N) is 1. The van der Waals surface area contributed by atoms with Gasteiger partial charge in [0.05, 0.1) is 6.54 Å². The van der Waals surface area contributed by atoms with Gasteiger partial charge < -0.3 is 16.0 Å². The van der Waals surface area contributed by atoms with E-state index in [2.05, 4.69) is 60.1 Å². The van der Waals surface area contributed by atoms with Gasteiger partial charge in [-0.15, -0.1) is 24.0 Å². The number of nitrogens with one attached hydrogen (secondary N) is 3. The van der Waals surface area contributed by atoms with Gasteiger partial charge in [0.2, 0.25) is 5.91 Å². The summed E-state index contributed by atoms with van der Waals surface area (Å²) in [5.41, 5.74) is 4.67. The summed E-state index contributed by atoms with van der Waals surface area (Å²) in [6.07, 6.45) is 1.49. The van der Waals surface area contributed by atoms with Crippen molar-refractivity contribution in [3.63, 3.8) is 0 Å². The Labute approximate surface area is 184 Å². The molecule has 1 aliphatic rings. The molecule has 2 aromatic rings. The van der Waals surface area contributed by atoms with Gasteiger partial charge in [0.1, 0.15) is 0 Å². The lowest BCUT2D eigenvalue weighted by Gasteiger charge is -2.26. The van der Waals surface area contributed by atoms with Crippen LogP contribution in [0.15, 0.2) is 53.5 Å². The summed E-state index contributed by atoms with van der Waals surface area (Å²) >= 11 is 0. The Morgan fingerprint density at radius 2 is 1.79 bits per heavy atom. The van der Waals surface area contributed by atoms with E-state index in [4.69, 9.17) is 4.99 Å². The zero-order chi connectivity index (χ0) is 19.1. The summed E-state index contributed by atoms with van der Waals surface area (Å²) in [5, 5.41) is 9.67. The van der Waals surface area contributed by atoms with Crippen LogP contribution >= 0.6 is 24.0 Å². The van der Waals surface area contributed by atoms with Crippen LogP contribution in [0.2, 0.25) is 0 Å². The third kappa shape index (κ3) is 5.70. The smallest absolute Gasteiger partial charge is 0.225 e. The van der Waals surface area contributed by atoms with E-state index >= 15 is 0 Å². The topological polar surface area (TPSA) is 65.5 Å². The highest BCUT2D eigenvalue weighted by atomic mass is 127. The number of hydrogen-bond acceptors (Lipinski definition) is 2. The molecule has 1 atom stereocenters. The number of hydrogen-bond donors (Lipinski definition) is 3. The summed E-state index contributed by atoms with van der Waals surface area (Å²) in [5.74, 6) is 0.993. The van der Waals surface area contributed by atoms with E-state index in [0.717, 1.165) is 24.6 Å². The number of halogens is 1. The molecule has 0 saturated carbocycles. The lowest BCUT2D eigenvalue weighted by atomic mass is 9.90. The fourth-order valence-corrected chi connectivity index (χ4v) is 3.47. The van der Waals surface area contributed by atoms with Crippen molar-refractivity contribution in [1.29, 1.82) is 0 Å². The molecule has 2 aromatic carbocycles.